The maximum atomic E-state index is 13.1. The highest BCUT2D eigenvalue weighted by molar-refractivity contribution is 5.95. The molecule has 0 aliphatic carbocycles. The second-order valence-corrected chi connectivity index (χ2v) is 7.84. The zero-order chi connectivity index (χ0) is 22.9. The third kappa shape index (κ3) is 4.14. The summed E-state index contributed by atoms with van der Waals surface area (Å²) in [6.07, 6.45) is -6.28. The summed E-state index contributed by atoms with van der Waals surface area (Å²) >= 11 is 0. The lowest BCUT2D eigenvalue weighted by Gasteiger charge is -2.42. The molecule has 0 spiro atoms. The lowest BCUT2D eigenvalue weighted by Crippen LogP contribution is -2.53. The van der Waals surface area contributed by atoms with Crippen LogP contribution in [-0.4, -0.2) is 56.2 Å². The van der Waals surface area contributed by atoms with E-state index in [9.17, 15) is 18.0 Å². The topological polar surface area (TPSA) is 57.2 Å². The number of carbonyl (C=O) groups excluding carboxylic acids is 1. The minimum Gasteiger partial charge on any atom is -0.493 e. The predicted molar refractivity (Wildman–Crippen MR) is 109 cm³/mol. The molecule has 1 unspecified atom stereocenters. The van der Waals surface area contributed by atoms with E-state index in [4.69, 9.17) is 18.9 Å². The molecular formula is C23H24F3NO5. The van der Waals surface area contributed by atoms with Gasteiger partial charge in [0.1, 0.15) is 18.5 Å². The van der Waals surface area contributed by atoms with E-state index >= 15 is 0 Å². The molecule has 9 heteroatoms. The summed E-state index contributed by atoms with van der Waals surface area (Å²) in [6, 6.07) is 13.9. The van der Waals surface area contributed by atoms with Gasteiger partial charge in [0.15, 0.2) is 17.6 Å². The summed E-state index contributed by atoms with van der Waals surface area (Å²) < 4.78 is 60.5. The summed E-state index contributed by atoms with van der Waals surface area (Å²) in [7, 11) is 1.31. The molecule has 2 heterocycles. The van der Waals surface area contributed by atoms with Gasteiger partial charge in [-0.1, -0.05) is 30.3 Å². The average Bonchev–Trinajstić information content (AvgIpc) is 3.23. The molecule has 3 atom stereocenters. The number of benzene rings is 2. The Morgan fingerprint density at radius 3 is 2.62 bits per heavy atom. The molecule has 0 N–H and O–H groups in total. The summed E-state index contributed by atoms with van der Waals surface area (Å²) in [5.74, 6) is -0.290. The molecule has 4 rings (SSSR count). The Morgan fingerprint density at radius 2 is 1.94 bits per heavy atom. The van der Waals surface area contributed by atoms with Gasteiger partial charge in [0.25, 0.3) is 5.91 Å². The van der Waals surface area contributed by atoms with Gasteiger partial charge in [0.2, 0.25) is 0 Å². The number of hydrogen-bond donors (Lipinski definition) is 0. The second-order valence-electron chi connectivity index (χ2n) is 7.84. The summed E-state index contributed by atoms with van der Waals surface area (Å²) in [4.78, 5) is 14.8. The van der Waals surface area contributed by atoms with E-state index in [1.54, 1.807) is 4.90 Å². The molecule has 172 valence electrons. The van der Waals surface area contributed by atoms with Crippen LogP contribution in [0.15, 0.2) is 48.5 Å². The molecule has 2 aromatic carbocycles. The minimum atomic E-state index is -4.51. The molecule has 0 bridgehead atoms. The Labute approximate surface area is 183 Å². The number of carbonyl (C=O) groups is 1. The number of nitrogens with zero attached hydrogens (tertiary/aromatic N) is 1. The Morgan fingerprint density at radius 1 is 1.19 bits per heavy atom. The summed E-state index contributed by atoms with van der Waals surface area (Å²) in [5, 5.41) is 0. The highest BCUT2D eigenvalue weighted by Gasteiger charge is 2.51. The van der Waals surface area contributed by atoms with Crippen LogP contribution in [0.3, 0.4) is 0 Å². The van der Waals surface area contributed by atoms with Gasteiger partial charge in [-0.05, 0) is 30.7 Å². The van der Waals surface area contributed by atoms with Gasteiger partial charge in [-0.15, -0.1) is 0 Å². The van der Waals surface area contributed by atoms with E-state index in [1.807, 2.05) is 30.3 Å². The van der Waals surface area contributed by atoms with Crippen molar-refractivity contribution in [2.24, 2.45) is 0 Å². The number of alkyl halides is 3. The van der Waals surface area contributed by atoms with Crippen molar-refractivity contribution in [1.29, 1.82) is 0 Å². The summed E-state index contributed by atoms with van der Waals surface area (Å²) in [5.41, 5.74) is 0.706. The van der Waals surface area contributed by atoms with Gasteiger partial charge in [-0.3, -0.25) is 4.79 Å². The van der Waals surface area contributed by atoms with Crippen LogP contribution in [0.5, 0.6) is 11.5 Å². The molecule has 2 saturated heterocycles. The van der Waals surface area contributed by atoms with Crippen molar-refractivity contribution in [2.45, 2.75) is 37.3 Å². The molecule has 2 fully saturated rings. The fourth-order valence-corrected chi connectivity index (χ4v) is 4.13. The van der Waals surface area contributed by atoms with Crippen molar-refractivity contribution >= 4 is 5.91 Å². The molecule has 2 aromatic rings. The number of piperidine rings is 1. The van der Waals surface area contributed by atoms with Crippen molar-refractivity contribution < 1.29 is 36.9 Å². The SMILES string of the molecule is COc1cc(C(=O)N2CC[C@]3(c4ccccc4)OCO[C@@H]3C2)ccc1OC(C)C(F)(F)F. The molecule has 0 aromatic heterocycles. The molecule has 0 saturated carbocycles. The van der Waals surface area contributed by atoms with Crippen molar-refractivity contribution in [1.82, 2.24) is 4.90 Å². The van der Waals surface area contributed by atoms with Crippen LogP contribution in [-0.2, 0) is 15.1 Å². The van der Waals surface area contributed by atoms with Gasteiger partial charge in [0, 0.05) is 18.5 Å². The summed E-state index contributed by atoms with van der Waals surface area (Å²) in [6.45, 7) is 1.84. The zero-order valence-corrected chi connectivity index (χ0v) is 17.7. The van der Waals surface area contributed by atoms with Crippen LogP contribution in [0.2, 0.25) is 0 Å². The third-order valence-electron chi connectivity index (χ3n) is 5.97. The molecule has 0 radical (unpaired) electrons. The minimum absolute atomic E-state index is 0.0584. The van der Waals surface area contributed by atoms with E-state index in [2.05, 4.69) is 0 Å². The zero-order valence-electron chi connectivity index (χ0n) is 17.7. The quantitative estimate of drug-likeness (QED) is 0.684. The third-order valence-corrected chi connectivity index (χ3v) is 5.97. The van der Waals surface area contributed by atoms with Gasteiger partial charge in [0.05, 0.1) is 13.7 Å². The van der Waals surface area contributed by atoms with E-state index in [0.717, 1.165) is 12.5 Å². The van der Waals surface area contributed by atoms with Gasteiger partial charge >= 0.3 is 6.18 Å². The predicted octanol–water partition coefficient (Wildman–Crippen LogP) is 4.14. The first-order chi connectivity index (χ1) is 15.2. The van der Waals surface area contributed by atoms with Crippen molar-refractivity contribution in [2.75, 3.05) is 27.0 Å². The van der Waals surface area contributed by atoms with Gasteiger partial charge in [-0.25, -0.2) is 0 Å². The van der Waals surface area contributed by atoms with Crippen LogP contribution in [0.4, 0.5) is 13.2 Å². The standard InChI is InChI=1S/C23H24F3NO5/c1-15(23(24,25)26)32-18-9-8-16(12-19(18)29-2)21(28)27-11-10-22(17-6-4-3-5-7-17)20(13-27)30-14-31-22/h3-9,12,15,20H,10-11,13-14H2,1-2H3/t15?,20-,22-/m1/s1. The van der Waals surface area contributed by atoms with Crippen LogP contribution < -0.4 is 9.47 Å². The Bertz CT molecular complexity index is 968. The van der Waals surface area contributed by atoms with Gasteiger partial charge < -0.3 is 23.8 Å². The number of halogens is 3. The fraction of sp³-hybridized carbons (Fsp3) is 0.435. The maximum absolute atomic E-state index is 13.1. The van der Waals surface area contributed by atoms with E-state index in [-0.39, 0.29) is 30.3 Å². The Balaban J connectivity index is 1.51. The lowest BCUT2D eigenvalue weighted by molar-refractivity contribution is -0.189. The first-order valence-electron chi connectivity index (χ1n) is 10.3. The van der Waals surface area contributed by atoms with Gasteiger partial charge in [-0.2, -0.15) is 13.2 Å². The first kappa shape index (κ1) is 22.4. The number of hydrogen-bond acceptors (Lipinski definition) is 5. The molecule has 2 aliphatic rings. The highest BCUT2D eigenvalue weighted by Crippen LogP contribution is 2.43. The average molecular weight is 451 g/mol. The van der Waals surface area contributed by atoms with E-state index < -0.39 is 17.9 Å². The smallest absolute Gasteiger partial charge is 0.425 e. The normalized spacial score (nSPS) is 24.0. The molecule has 6 nitrogen and oxygen atoms in total. The monoisotopic (exact) mass is 451 g/mol. The van der Waals surface area contributed by atoms with Crippen LogP contribution in [0.1, 0.15) is 29.3 Å². The number of fused-ring (bicyclic) bond motifs is 1. The first-order valence-corrected chi connectivity index (χ1v) is 10.3. The van der Waals surface area contributed by atoms with Crippen molar-refractivity contribution in [3.8, 4) is 11.5 Å². The second kappa shape index (κ2) is 8.63. The molecule has 32 heavy (non-hydrogen) atoms. The molecule has 2 aliphatic heterocycles. The number of methoxy groups -OCH3 is 1. The Kier molecular flexibility index (Phi) is 6.05. The van der Waals surface area contributed by atoms with Crippen LogP contribution in [0, 0.1) is 0 Å². The van der Waals surface area contributed by atoms with Crippen molar-refractivity contribution in [3.05, 3.63) is 59.7 Å². The Hall–Kier alpha value is -2.78. The van der Waals surface area contributed by atoms with Crippen LogP contribution in [0.25, 0.3) is 0 Å². The number of amides is 1. The number of rotatable bonds is 5. The van der Waals surface area contributed by atoms with E-state index in [1.165, 1.54) is 25.3 Å². The van der Waals surface area contributed by atoms with E-state index in [0.29, 0.717) is 25.1 Å². The van der Waals surface area contributed by atoms with Crippen LogP contribution >= 0.6 is 0 Å². The number of ether oxygens (including phenoxy) is 4. The largest absolute Gasteiger partial charge is 0.493 e. The molecular weight excluding hydrogens is 427 g/mol. The van der Waals surface area contributed by atoms with Crippen molar-refractivity contribution in [3.63, 3.8) is 0 Å². The number of likely N-dealkylation sites (tertiary alicyclic amines) is 1. The fourth-order valence-electron chi connectivity index (χ4n) is 4.13. The molecule has 1 amide bonds. The maximum Gasteiger partial charge on any atom is 0.425 e. The lowest BCUT2D eigenvalue weighted by atomic mass is 9.82. The highest BCUT2D eigenvalue weighted by atomic mass is 19.4.